The Labute approximate surface area is 76.5 Å². The summed E-state index contributed by atoms with van der Waals surface area (Å²) in [6.45, 7) is 2.67. The van der Waals surface area contributed by atoms with Crippen LogP contribution in [-0.2, 0) is 19.1 Å². The molecule has 4 heteroatoms. The maximum Gasteiger partial charge on any atom is 0.303 e. The molecule has 0 radical (unpaired) electrons. The lowest BCUT2D eigenvalue weighted by molar-refractivity contribution is -0.160. The molecule has 4 nitrogen and oxygen atoms in total. The first-order valence-electron chi connectivity index (χ1n) is 4.10. The molecule has 0 saturated heterocycles. The van der Waals surface area contributed by atoms with Crippen molar-refractivity contribution in [2.45, 2.75) is 32.5 Å². The van der Waals surface area contributed by atoms with E-state index in [1.165, 1.54) is 13.8 Å². The van der Waals surface area contributed by atoms with Crippen LogP contribution in [0.3, 0.4) is 0 Å². The Morgan fingerprint density at radius 2 is 1.85 bits per heavy atom. The van der Waals surface area contributed by atoms with E-state index in [-0.39, 0.29) is 18.0 Å². The van der Waals surface area contributed by atoms with Gasteiger partial charge < -0.3 is 9.47 Å². The summed E-state index contributed by atoms with van der Waals surface area (Å²) in [5.74, 6) is -0.723. The zero-order valence-corrected chi connectivity index (χ0v) is 7.65. The maximum atomic E-state index is 10.6. The molecule has 13 heavy (non-hydrogen) atoms. The Morgan fingerprint density at radius 1 is 1.23 bits per heavy atom. The minimum absolute atomic E-state index is 0.346. The Kier molecular flexibility index (Phi) is 3.06. The molecular weight excluding hydrogens is 172 g/mol. The minimum Gasteiger partial charge on any atom is -0.458 e. The van der Waals surface area contributed by atoms with Crippen LogP contribution in [0, 0.1) is 0 Å². The molecule has 0 spiro atoms. The van der Waals surface area contributed by atoms with Gasteiger partial charge in [0.05, 0.1) is 0 Å². The number of hydrogen-bond acceptors (Lipinski definition) is 4. The standard InChI is InChI=1S/C9H12O4/c1-6(10)12-8-4-3-5-9(8)13-7(2)11/h3-4,8-9H,5H2,1-2H3/t8-,9-/m1/s1. The highest BCUT2D eigenvalue weighted by Gasteiger charge is 2.27. The molecule has 0 fully saturated rings. The van der Waals surface area contributed by atoms with E-state index < -0.39 is 6.10 Å². The second-order valence-electron chi connectivity index (χ2n) is 2.89. The van der Waals surface area contributed by atoms with Gasteiger partial charge in [0.2, 0.25) is 0 Å². The summed E-state index contributed by atoms with van der Waals surface area (Å²) in [6.07, 6.45) is 3.41. The average Bonchev–Trinajstić information content (AvgIpc) is 2.34. The van der Waals surface area contributed by atoms with Crippen molar-refractivity contribution in [1.82, 2.24) is 0 Å². The SMILES string of the molecule is CC(=O)O[C@@H]1C=CC[C@H]1OC(C)=O. The highest BCUT2D eigenvalue weighted by Crippen LogP contribution is 2.18. The van der Waals surface area contributed by atoms with Crippen molar-refractivity contribution in [2.24, 2.45) is 0 Å². The molecule has 2 atom stereocenters. The summed E-state index contributed by atoms with van der Waals surface area (Å²) in [6, 6.07) is 0. The fraction of sp³-hybridized carbons (Fsp3) is 0.556. The van der Waals surface area contributed by atoms with Crippen LogP contribution in [0.25, 0.3) is 0 Å². The fourth-order valence-corrected chi connectivity index (χ4v) is 1.24. The van der Waals surface area contributed by atoms with Crippen LogP contribution in [0.1, 0.15) is 20.3 Å². The van der Waals surface area contributed by atoms with E-state index >= 15 is 0 Å². The third-order valence-electron chi connectivity index (χ3n) is 1.68. The highest BCUT2D eigenvalue weighted by molar-refractivity contribution is 5.67. The van der Waals surface area contributed by atoms with Crippen molar-refractivity contribution in [3.8, 4) is 0 Å². The monoisotopic (exact) mass is 184 g/mol. The fourth-order valence-electron chi connectivity index (χ4n) is 1.24. The van der Waals surface area contributed by atoms with E-state index in [2.05, 4.69) is 0 Å². The Balaban J connectivity index is 2.47. The number of carbonyl (C=O) groups excluding carboxylic acids is 2. The predicted octanol–water partition coefficient (Wildman–Crippen LogP) is 0.810. The summed E-state index contributed by atoms with van der Waals surface area (Å²) in [7, 11) is 0. The van der Waals surface area contributed by atoms with Gasteiger partial charge in [-0.2, -0.15) is 0 Å². The molecule has 0 aromatic rings. The molecule has 72 valence electrons. The van der Waals surface area contributed by atoms with Crippen LogP contribution < -0.4 is 0 Å². The second-order valence-corrected chi connectivity index (χ2v) is 2.89. The van der Waals surface area contributed by atoms with Crippen LogP contribution in [0.4, 0.5) is 0 Å². The van der Waals surface area contributed by atoms with Gasteiger partial charge in [0.25, 0.3) is 0 Å². The van der Waals surface area contributed by atoms with Crippen LogP contribution in [0.15, 0.2) is 12.2 Å². The molecule has 1 rings (SSSR count). The molecule has 0 aliphatic heterocycles. The molecule has 0 aromatic carbocycles. The van der Waals surface area contributed by atoms with Crippen molar-refractivity contribution < 1.29 is 19.1 Å². The lowest BCUT2D eigenvalue weighted by Gasteiger charge is -2.18. The van der Waals surface area contributed by atoms with Crippen LogP contribution in [0.5, 0.6) is 0 Å². The summed E-state index contributed by atoms with van der Waals surface area (Å²) in [5, 5.41) is 0. The van der Waals surface area contributed by atoms with E-state index in [0.29, 0.717) is 6.42 Å². The molecule has 0 bridgehead atoms. The molecule has 1 aliphatic rings. The van der Waals surface area contributed by atoms with Crippen molar-refractivity contribution in [2.75, 3.05) is 0 Å². The molecule has 0 aromatic heterocycles. The normalized spacial score (nSPS) is 25.7. The second kappa shape index (κ2) is 4.07. The third-order valence-corrected chi connectivity index (χ3v) is 1.68. The van der Waals surface area contributed by atoms with Gasteiger partial charge in [0.1, 0.15) is 6.10 Å². The number of esters is 2. The van der Waals surface area contributed by atoms with Gasteiger partial charge in [-0.25, -0.2) is 0 Å². The van der Waals surface area contributed by atoms with Crippen LogP contribution in [0.2, 0.25) is 0 Å². The summed E-state index contributed by atoms with van der Waals surface area (Å²) < 4.78 is 9.87. The van der Waals surface area contributed by atoms with E-state index in [4.69, 9.17) is 9.47 Å². The van der Waals surface area contributed by atoms with Crippen molar-refractivity contribution >= 4 is 11.9 Å². The van der Waals surface area contributed by atoms with E-state index in [1.54, 1.807) is 6.08 Å². The van der Waals surface area contributed by atoms with Crippen LogP contribution in [-0.4, -0.2) is 24.1 Å². The third kappa shape index (κ3) is 2.89. The topological polar surface area (TPSA) is 52.6 Å². The molecular formula is C9H12O4. The van der Waals surface area contributed by atoms with E-state index in [9.17, 15) is 9.59 Å². The first-order valence-corrected chi connectivity index (χ1v) is 4.10. The lowest BCUT2D eigenvalue weighted by atomic mass is 10.2. The largest absolute Gasteiger partial charge is 0.458 e. The number of ether oxygens (including phenoxy) is 2. The van der Waals surface area contributed by atoms with Gasteiger partial charge in [-0.3, -0.25) is 9.59 Å². The van der Waals surface area contributed by atoms with Gasteiger partial charge in [0.15, 0.2) is 6.10 Å². The molecule has 0 saturated carbocycles. The first kappa shape index (κ1) is 9.77. The van der Waals surface area contributed by atoms with Gasteiger partial charge in [-0.15, -0.1) is 0 Å². The summed E-state index contributed by atoms with van der Waals surface area (Å²) in [4.78, 5) is 21.3. The Morgan fingerprint density at radius 3 is 2.38 bits per heavy atom. The summed E-state index contributed by atoms with van der Waals surface area (Å²) >= 11 is 0. The van der Waals surface area contributed by atoms with Crippen molar-refractivity contribution in [3.05, 3.63) is 12.2 Å². The molecule has 0 amide bonds. The van der Waals surface area contributed by atoms with Crippen molar-refractivity contribution in [3.63, 3.8) is 0 Å². The van der Waals surface area contributed by atoms with Crippen molar-refractivity contribution in [1.29, 1.82) is 0 Å². The predicted molar refractivity (Wildman–Crippen MR) is 44.9 cm³/mol. The van der Waals surface area contributed by atoms with Gasteiger partial charge >= 0.3 is 11.9 Å². The quantitative estimate of drug-likeness (QED) is 0.470. The number of carbonyl (C=O) groups is 2. The molecule has 0 unspecified atom stereocenters. The zero-order valence-electron chi connectivity index (χ0n) is 7.65. The van der Waals surface area contributed by atoms with E-state index in [1.807, 2.05) is 6.08 Å². The molecule has 0 heterocycles. The van der Waals surface area contributed by atoms with Gasteiger partial charge in [-0.05, 0) is 6.08 Å². The lowest BCUT2D eigenvalue weighted by Crippen LogP contribution is -2.29. The number of hydrogen-bond donors (Lipinski definition) is 0. The minimum atomic E-state index is -0.415. The maximum absolute atomic E-state index is 10.6. The van der Waals surface area contributed by atoms with Gasteiger partial charge in [0, 0.05) is 20.3 Å². The molecule has 1 aliphatic carbocycles. The first-order chi connectivity index (χ1) is 6.09. The van der Waals surface area contributed by atoms with Crippen LogP contribution >= 0.6 is 0 Å². The number of rotatable bonds is 2. The van der Waals surface area contributed by atoms with E-state index in [0.717, 1.165) is 0 Å². The van der Waals surface area contributed by atoms with Gasteiger partial charge in [-0.1, -0.05) is 6.08 Å². The average molecular weight is 184 g/mol. The Hall–Kier alpha value is -1.32. The Bertz CT molecular complexity index is 244. The molecule has 0 N–H and O–H groups in total. The smallest absolute Gasteiger partial charge is 0.303 e. The highest BCUT2D eigenvalue weighted by atomic mass is 16.6. The zero-order chi connectivity index (χ0) is 9.84. The summed E-state index contributed by atoms with van der Waals surface area (Å²) in [5.41, 5.74) is 0.